The molecule has 6 heteroatoms. The van der Waals surface area contributed by atoms with Gasteiger partial charge in [-0.05, 0) is 38.8 Å². The second-order valence-corrected chi connectivity index (χ2v) is 5.39. The molecular weight excluding hydrogens is 355 g/mol. The average molecular weight is 382 g/mol. The third-order valence-electron chi connectivity index (χ3n) is 3.79. The Labute approximate surface area is 133 Å². The molecule has 0 radical (unpaired) electrons. The zero-order chi connectivity index (χ0) is 12.8. The van der Waals surface area contributed by atoms with Crippen LogP contribution in [0.4, 0.5) is 0 Å². The molecule has 2 rings (SSSR count). The van der Waals surface area contributed by atoms with Crippen molar-refractivity contribution >= 4 is 29.9 Å². The highest BCUT2D eigenvalue weighted by molar-refractivity contribution is 14.0. The van der Waals surface area contributed by atoms with Crippen molar-refractivity contribution in [2.24, 2.45) is 10.9 Å². The molecule has 0 spiro atoms. The molecule has 2 aliphatic rings. The summed E-state index contributed by atoms with van der Waals surface area (Å²) in [6, 6.07) is 0. The summed E-state index contributed by atoms with van der Waals surface area (Å²) in [6.07, 6.45) is 4.00. The first-order valence-electron chi connectivity index (χ1n) is 7.02. The molecule has 2 aliphatic heterocycles. The molecule has 2 N–H and O–H groups in total. The van der Waals surface area contributed by atoms with Crippen molar-refractivity contribution in [1.29, 1.82) is 0 Å². The standard InChI is InChI=1S/C13H26N4O.HI/c1-14-13(16-9-12-4-3-7-18-12)15-8-11-5-6-17(2)10-11;/h11-12H,3-10H2,1-2H3,(H2,14,15,16);1H. The molecule has 2 fully saturated rings. The van der Waals surface area contributed by atoms with Gasteiger partial charge in [-0.2, -0.15) is 0 Å². The Hall–Kier alpha value is -0.0800. The van der Waals surface area contributed by atoms with Crippen LogP contribution < -0.4 is 10.6 Å². The van der Waals surface area contributed by atoms with E-state index < -0.39 is 0 Å². The molecular formula is C13H27IN4O. The normalized spacial score (nSPS) is 28.2. The second kappa shape index (κ2) is 8.97. The number of hydrogen-bond donors (Lipinski definition) is 2. The smallest absolute Gasteiger partial charge is 0.191 e. The van der Waals surface area contributed by atoms with E-state index >= 15 is 0 Å². The maximum Gasteiger partial charge on any atom is 0.191 e. The molecule has 0 amide bonds. The summed E-state index contributed by atoms with van der Waals surface area (Å²) in [5.41, 5.74) is 0. The number of nitrogens with zero attached hydrogens (tertiary/aromatic N) is 2. The predicted molar refractivity (Wildman–Crippen MR) is 89.4 cm³/mol. The van der Waals surface area contributed by atoms with Gasteiger partial charge in [0.2, 0.25) is 0 Å². The molecule has 5 nitrogen and oxygen atoms in total. The molecule has 0 aromatic carbocycles. The van der Waals surface area contributed by atoms with Crippen LogP contribution in [0.15, 0.2) is 4.99 Å². The molecule has 2 atom stereocenters. The fourth-order valence-corrected chi connectivity index (χ4v) is 2.67. The van der Waals surface area contributed by atoms with Crippen molar-refractivity contribution in [3.8, 4) is 0 Å². The van der Waals surface area contributed by atoms with Crippen LogP contribution in [0.5, 0.6) is 0 Å². The van der Waals surface area contributed by atoms with Gasteiger partial charge in [-0.15, -0.1) is 24.0 Å². The summed E-state index contributed by atoms with van der Waals surface area (Å²) in [5, 5.41) is 6.76. The molecule has 2 saturated heterocycles. The molecule has 0 aromatic heterocycles. The van der Waals surface area contributed by atoms with Gasteiger partial charge < -0.3 is 20.3 Å². The van der Waals surface area contributed by atoms with E-state index in [1.807, 2.05) is 7.05 Å². The van der Waals surface area contributed by atoms with Crippen LogP contribution in [0.2, 0.25) is 0 Å². The van der Waals surface area contributed by atoms with E-state index in [1.165, 1.54) is 25.9 Å². The van der Waals surface area contributed by atoms with Crippen molar-refractivity contribution in [1.82, 2.24) is 15.5 Å². The Bertz CT molecular complexity index is 282. The minimum absolute atomic E-state index is 0. The highest BCUT2D eigenvalue weighted by atomic mass is 127. The summed E-state index contributed by atoms with van der Waals surface area (Å²) in [7, 11) is 4.01. The number of ether oxygens (including phenoxy) is 1. The van der Waals surface area contributed by atoms with Crippen molar-refractivity contribution < 1.29 is 4.74 Å². The van der Waals surface area contributed by atoms with E-state index in [0.717, 1.165) is 38.0 Å². The lowest BCUT2D eigenvalue weighted by molar-refractivity contribution is 0.114. The largest absolute Gasteiger partial charge is 0.376 e. The first-order chi connectivity index (χ1) is 8.78. The molecule has 0 aromatic rings. The molecule has 2 unspecified atom stereocenters. The van der Waals surface area contributed by atoms with Gasteiger partial charge in [0.05, 0.1) is 6.10 Å². The highest BCUT2D eigenvalue weighted by Gasteiger charge is 2.20. The van der Waals surface area contributed by atoms with E-state index in [2.05, 4.69) is 27.6 Å². The summed E-state index contributed by atoms with van der Waals surface area (Å²) in [4.78, 5) is 6.64. The monoisotopic (exact) mass is 382 g/mol. The van der Waals surface area contributed by atoms with Crippen molar-refractivity contribution in [2.75, 3.05) is 46.9 Å². The quantitative estimate of drug-likeness (QED) is 0.431. The topological polar surface area (TPSA) is 48.9 Å². The van der Waals surface area contributed by atoms with Crippen LogP contribution >= 0.6 is 24.0 Å². The van der Waals surface area contributed by atoms with E-state index in [4.69, 9.17) is 4.74 Å². The minimum Gasteiger partial charge on any atom is -0.376 e. The fourth-order valence-electron chi connectivity index (χ4n) is 2.67. The van der Waals surface area contributed by atoms with Crippen LogP contribution in [0.3, 0.4) is 0 Å². The maximum atomic E-state index is 5.59. The number of hydrogen-bond acceptors (Lipinski definition) is 3. The summed E-state index contributed by atoms with van der Waals surface area (Å²) >= 11 is 0. The number of rotatable bonds is 4. The van der Waals surface area contributed by atoms with E-state index in [-0.39, 0.29) is 24.0 Å². The van der Waals surface area contributed by atoms with Gasteiger partial charge in [-0.3, -0.25) is 4.99 Å². The van der Waals surface area contributed by atoms with E-state index in [0.29, 0.717) is 6.10 Å². The Morgan fingerprint density at radius 2 is 2.11 bits per heavy atom. The van der Waals surface area contributed by atoms with Crippen LogP contribution in [0.1, 0.15) is 19.3 Å². The van der Waals surface area contributed by atoms with Crippen molar-refractivity contribution in [3.63, 3.8) is 0 Å². The lowest BCUT2D eigenvalue weighted by atomic mass is 10.1. The molecule has 0 aliphatic carbocycles. The second-order valence-electron chi connectivity index (χ2n) is 5.39. The van der Waals surface area contributed by atoms with E-state index in [9.17, 15) is 0 Å². The van der Waals surface area contributed by atoms with Crippen LogP contribution in [0.25, 0.3) is 0 Å². The molecule has 19 heavy (non-hydrogen) atoms. The SMILES string of the molecule is CN=C(NCC1CCN(C)C1)NCC1CCCO1.I. The molecule has 0 saturated carbocycles. The number of aliphatic imine (C=N–C) groups is 1. The van der Waals surface area contributed by atoms with Crippen LogP contribution in [-0.4, -0.2) is 63.8 Å². The number of halogens is 1. The fraction of sp³-hybridized carbons (Fsp3) is 0.923. The summed E-state index contributed by atoms with van der Waals surface area (Å²) < 4.78 is 5.59. The molecule has 2 heterocycles. The van der Waals surface area contributed by atoms with E-state index in [1.54, 1.807) is 0 Å². The third-order valence-corrected chi connectivity index (χ3v) is 3.79. The van der Waals surface area contributed by atoms with Gasteiger partial charge in [0, 0.05) is 33.3 Å². The number of nitrogens with one attached hydrogen (secondary N) is 2. The Morgan fingerprint density at radius 3 is 2.68 bits per heavy atom. The maximum absolute atomic E-state index is 5.59. The van der Waals surface area contributed by atoms with Crippen molar-refractivity contribution in [2.45, 2.75) is 25.4 Å². The lowest BCUT2D eigenvalue weighted by Gasteiger charge is -2.17. The van der Waals surface area contributed by atoms with Gasteiger partial charge in [0.15, 0.2) is 5.96 Å². The highest BCUT2D eigenvalue weighted by Crippen LogP contribution is 2.13. The minimum atomic E-state index is 0. The van der Waals surface area contributed by atoms with Gasteiger partial charge in [-0.1, -0.05) is 0 Å². The Balaban J connectivity index is 0.00000180. The Morgan fingerprint density at radius 1 is 1.32 bits per heavy atom. The third kappa shape index (κ3) is 5.83. The first-order valence-corrected chi connectivity index (χ1v) is 7.02. The number of likely N-dealkylation sites (tertiary alicyclic amines) is 1. The van der Waals surface area contributed by atoms with Crippen LogP contribution in [0, 0.1) is 5.92 Å². The number of guanidine groups is 1. The predicted octanol–water partition coefficient (Wildman–Crippen LogP) is 0.900. The lowest BCUT2D eigenvalue weighted by Crippen LogP contribution is -2.43. The molecule has 0 bridgehead atoms. The average Bonchev–Trinajstić information content (AvgIpc) is 3.01. The zero-order valence-corrected chi connectivity index (χ0v) is 14.4. The molecule has 112 valence electrons. The van der Waals surface area contributed by atoms with Gasteiger partial charge >= 0.3 is 0 Å². The summed E-state index contributed by atoms with van der Waals surface area (Å²) in [6.45, 7) is 5.19. The van der Waals surface area contributed by atoms with Crippen molar-refractivity contribution in [3.05, 3.63) is 0 Å². The van der Waals surface area contributed by atoms with Gasteiger partial charge in [-0.25, -0.2) is 0 Å². The Kier molecular flexibility index (Phi) is 8.01. The van der Waals surface area contributed by atoms with Gasteiger partial charge in [0.1, 0.15) is 0 Å². The zero-order valence-electron chi connectivity index (χ0n) is 12.0. The van der Waals surface area contributed by atoms with Crippen LogP contribution in [-0.2, 0) is 4.74 Å². The first kappa shape index (κ1) is 17.0. The van der Waals surface area contributed by atoms with Gasteiger partial charge in [0.25, 0.3) is 0 Å². The summed E-state index contributed by atoms with van der Waals surface area (Å²) in [5.74, 6) is 1.65.